The monoisotopic (exact) mass is 252 g/mol. The van der Waals surface area contributed by atoms with Crippen molar-refractivity contribution in [1.29, 1.82) is 0 Å². The van der Waals surface area contributed by atoms with E-state index in [1.807, 2.05) is 27.7 Å². The summed E-state index contributed by atoms with van der Waals surface area (Å²) in [4.78, 5) is 23.4. The molecule has 2 N–H and O–H groups in total. The van der Waals surface area contributed by atoms with Gasteiger partial charge in [-0.15, -0.1) is 0 Å². The van der Waals surface area contributed by atoms with Crippen LogP contribution in [0.2, 0.25) is 0 Å². The van der Waals surface area contributed by atoms with Gasteiger partial charge in [0.1, 0.15) is 0 Å². The normalized spacial score (nSPS) is 11.7. The highest BCUT2D eigenvalue weighted by Crippen LogP contribution is 2.22. The zero-order chi connectivity index (χ0) is 14.7. The van der Waals surface area contributed by atoms with Crippen molar-refractivity contribution in [3.05, 3.63) is 24.3 Å². The molecule has 0 aliphatic rings. The van der Waals surface area contributed by atoms with Crippen LogP contribution in [0.5, 0.6) is 0 Å². The molecule has 0 atom stereocenters. The van der Waals surface area contributed by atoms with E-state index >= 15 is 0 Å². The van der Waals surface area contributed by atoms with Crippen LogP contribution in [0.4, 0.5) is 0 Å². The van der Waals surface area contributed by atoms with Crippen LogP contribution in [-0.4, -0.2) is 22.9 Å². The Morgan fingerprint density at radius 3 is 1.17 bits per heavy atom. The Morgan fingerprint density at radius 1 is 0.778 bits per heavy atom. The van der Waals surface area contributed by atoms with Crippen molar-refractivity contribution in [1.82, 2.24) is 10.6 Å². The first-order chi connectivity index (χ1) is 7.90. The van der Waals surface area contributed by atoms with E-state index in [4.69, 9.17) is 0 Å². The third-order valence-electron chi connectivity index (χ3n) is 3.19. The molecule has 0 fully saturated rings. The Balaban J connectivity index is 4.96. The molecule has 0 spiro atoms. The van der Waals surface area contributed by atoms with E-state index in [1.165, 1.54) is 0 Å². The van der Waals surface area contributed by atoms with Crippen molar-refractivity contribution in [3.63, 3.8) is 0 Å². The highest BCUT2D eigenvalue weighted by Gasteiger charge is 2.39. The van der Waals surface area contributed by atoms with Gasteiger partial charge in [0.05, 0.1) is 11.1 Å². The molecule has 102 valence electrons. The van der Waals surface area contributed by atoms with Crippen LogP contribution < -0.4 is 10.6 Å². The second-order valence-corrected chi connectivity index (χ2v) is 5.72. The quantitative estimate of drug-likeness (QED) is 0.735. The predicted molar refractivity (Wildman–Crippen MR) is 74.1 cm³/mol. The van der Waals surface area contributed by atoms with Crippen LogP contribution in [0.15, 0.2) is 24.3 Å². The molecule has 0 aromatic carbocycles. The highest BCUT2D eigenvalue weighted by atomic mass is 16.2. The van der Waals surface area contributed by atoms with E-state index in [-0.39, 0.29) is 11.8 Å². The average Bonchev–Trinajstić information content (AvgIpc) is 2.15. The summed E-state index contributed by atoms with van der Waals surface area (Å²) in [5, 5.41) is 5.71. The second kappa shape index (κ2) is 5.38. The van der Waals surface area contributed by atoms with Crippen molar-refractivity contribution >= 4 is 11.8 Å². The molecule has 0 radical (unpaired) electrons. The lowest BCUT2D eigenvalue weighted by atomic mass is 9.82. The second-order valence-electron chi connectivity index (χ2n) is 5.72. The molecule has 4 heteroatoms. The molecule has 0 saturated heterocycles. The summed E-state index contributed by atoms with van der Waals surface area (Å²) in [6, 6.07) is 0. The summed E-state index contributed by atoms with van der Waals surface area (Å²) in [5.74, 6) is -0.449. The Kier molecular flexibility index (Phi) is 4.90. The maximum absolute atomic E-state index is 11.7. The van der Waals surface area contributed by atoms with Gasteiger partial charge in [-0.25, -0.2) is 0 Å². The molecule has 4 nitrogen and oxygen atoms in total. The molecule has 0 heterocycles. The molecular weight excluding hydrogens is 228 g/mol. The van der Waals surface area contributed by atoms with Crippen LogP contribution in [0.1, 0.15) is 41.5 Å². The van der Waals surface area contributed by atoms with Gasteiger partial charge in [-0.2, -0.15) is 0 Å². The first-order valence-electron chi connectivity index (χ1n) is 5.87. The van der Waals surface area contributed by atoms with Gasteiger partial charge in [-0.1, -0.05) is 13.2 Å². The first-order valence-corrected chi connectivity index (χ1v) is 5.87. The Morgan fingerprint density at radius 2 is 1.00 bits per heavy atom. The first kappa shape index (κ1) is 16.4. The molecule has 0 rings (SSSR count). The van der Waals surface area contributed by atoms with Crippen LogP contribution in [0.3, 0.4) is 0 Å². The smallest absolute Gasteiger partial charge is 0.246 e. The summed E-state index contributed by atoms with van der Waals surface area (Å²) in [6.07, 6.45) is 0. The highest BCUT2D eigenvalue weighted by molar-refractivity contribution is 5.94. The van der Waals surface area contributed by atoms with Crippen molar-refractivity contribution in [2.24, 2.45) is 0 Å². The number of hydrogen-bond donors (Lipinski definition) is 2. The number of amides is 2. The van der Waals surface area contributed by atoms with Crippen LogP contribution >= 0.6 is 0 Å². The van der Waals surface area contributed by atoms with E-state index in [9.17, 15) is 9.59 Å². The van der Waals surface area contributed by atoms with Crippen LogP contribution in [0, 0.1) is 0 Å². The Bertz CT molecular complexity index is 355. The van der Waals surface area contributed by atoms with Crippen LogP contribution in [0.25, 0.3) is 0 Å². The summed E-state index contributed by atoms with van der Waals surface area (Å²) in [5.41, 5.74) is -0.363. The number of hydrogen-bond acceptors (Lipinski definition) is 2. The number of rotatable bonds is 5. The zero-order valence-corrected chi connectivity index (χ0v) is 12.2. The molecule has 18 heavy (non-hydrogen) atoms. The molecule has 0 bridgehead atoms. The summed E-state index contributed by atoms with van der Waals surface area (Å²) >= 11 is 0. The molecule has 0 unspecified atom stereocenters. The third-order valence-corrected chi connectivity index (χ3v) is 3.19. The van der Waals surface area contributed by atoms with Crippen molar-refractivity contribution in [2.75, 3.05) is 0 Å². The van der Waals surface area contributed by atoms with Crippen molar-refractivity contribution in [3.8, 4) is 0 Å². The van der Waals surface area contributed by atoms with E-state index in [0.717, 1.165) is 0 Å². The topological polar surface area (TPSA) is 58.2 Å². The van der Waals surface area contributed by atoms with Gasteiger partial charge in [0.25, 0.3) is 0 Å². The molecule has 0 aliphatic heterocycles. The van der Waals surface area contributed by atoms with Gasteiger partial charge in [0.2, 0.25) is 11.8 Å². The average molecular weight is 252 g/mol. The van der Waals surface area contributed by atoms with Gasteiger partial charge in [-0.05, 0) is 41.5 Å². The standard InChI is InChI=1S/C14H24N2O2/c1-9(2)11(17)15-13(5,6)14(7,8)16-12(18)10(3)4/h1,3H2,2,4-8H3,(H,15,17)(H,16,18). The Labute approximate surface area is 110 Å². The molecule has 0 aromatic heterocycles. The predicted octanol–water partition coefficient (Wildman–Crippen LogP) is 1.93. The van der Waals surface area contributed by atoms with E-state index < -0.39 is 11.1 Å². The minimum atomic E-state index is -0.617. The minimum Gasteiger partial charge on any atom is -0.345 e. The lowest BCUT2D eigenvalue weighted by molar-refractivity contribution is -0.123. The lowest BCUT2D eigenvalue weighted by Crippen LogP contribution is -2.65. The maximum atomic E-state index is 11.7. The summed E-state index contributed by atoms with van der Waals surface area (Å²) in [6.45, 7) is 17.9. The fraction of sp³-hybridized carbons (Fsp3) is 0.571. The molecule has 0 saturated carbocycles. The van der Waals surface area contributed by atoms with Gasteiger partial charge >= 0.3 is 0 Å². The van der Waals surface area contributed by atoms with Gasteiger partial charge < -0.3 is 10.6 Å². The largest absolute Gasteiger partial charge is 0.345 e. The molecular formula is C14H24N2O2. The molecule has 0 aliphatic carbocycles. The van der Waals surface area contributed by atoms with E-state index in [2.05, 4.69) is 23.8 Å². The summed E-state index contributed by atoms with van der Waals surface area (Å²) in [7, 11) is 0. The zero-order valence-electron chi connectivity index (χ0n) is 12.2. The van der Waals surface area contributed by atoms with Gasteiger partial charge in [-0.3, -0.25) is 9.59 Å². The number of carbonyl (C=O) groups is 2. The maximum Gasteiger partial charge on any atom is 0.246 e. The van der Waals surface area contributed by atoms with Crippen molar-refractivity contribution in [2.45, 2.75) is 52.6 Å². The van der Waals surface area contributed by atoms with E-state index in [1.54, 1.807) is 13.8 Å². The van der Waals surface area contributed by atoms with Gasteiger partial charge in [0, 0.05) is 11.1 Å². The van der Waals surface area contributed by atoms with E-state index in [0.29, 0.717) is 11.1 Å². The minimum absolute atomic E-state index is 0.224. The fourth-order valence-electron chi connectivity index (χ4n) is 1.09. The molecule has 0 aromatic rings. The SMILES string of the molecule is C=C(C)C(=O)NC(C)(C)C(C)(C)NC(=O)C(=C)C. The summed E-state index contributed by atoms with van der Waals surface area (Å²) < 4.78 is 0. The lowest BCUT2D eigenvalue weighted by Gasteiger charge is -2.42. The Hall–Kier alpha value is -1.58. The van der Waals surface area contributed by atoms with Crippen molar-refractivity contribution < 1.29 is 9.59 Å². The molecule has 2 amide bonds. The van der Waals surface area contributed by atoms with Gasteiger partial charge in [0.15, 0.2) is 0 Å². The van der Waals surface area contributed by atoms with Crippen LogP contribution in [-0.2, 0) is 9.59 Å². The fourth-order valence-corrected chi connectivity index (χ4v) is 1.09. The third kappa shape index (κ3) is 4.02. The number of nitrogens with one attached hydrogen (secondary N) is 2. The number of carbonyl (C=O) groups excluding carboxylic acids is 2.